The lowest BCUT2D eigenvalue weighted by Gasteiger charge is -2.41. The van der Waals surface area contributed by atoms with Crippen molar-refractivity contribution >= 4 is 12.1 Å². The molecule has 11 heteroatoms. The van der Waals surface area contributed by atoms with Crippen LogP contribution in [0.25, 0.3) is 0 Å². The molecule has 11 nitrogen and oxygen atoms in total. The van der Waals surface area contributed by atoms with Gasteiger partial charge in [-0.25, -0.2) is 0 Å². The molecule has 0 aromatic carbocycles. The van der Waals surface area contributed by atoms with Crippen molar-refractivity contribution in [2.45, 2.75) is 49.0 Å². The second kappa shape index (κ2) is 8.73. The van der Waals surface area contributed by atoms with Gasteiger partial charge in [0.05, 0.1) is 13.2 Å². The molecule has 23 heavy (non-hydrogen) atoms. The lowest BCUT2D eigenvalue weighted by Crippen LogP contribution is -2.61. The Labute approximate surface area is 130 Å². The first-order valence-corrected chi connectivity index (χ1v) is 6.70. The molecule has 0 aromatic rings. The maximum Gasteiger partial charge on any atom is 0.200 e. The predicted molar refractivity (Wildman–Crippen MR) is 68.8 cm³/mol. The molecule has 134 valence electrons. The summed E-state index contributed by atoms with van der Waals surface area (Å²) in [6.45, 7) is -1.72. The summed E-state index contributed by atoms with van der Waals surface area (Å²) in [5, 5.41) is 65.7. The van der Waals surface area contributed by atoms with Gasteiger partial charge < -0.3 is 45.2 Å². The van der Waals surface area contributed by atoms with Gasteiger partial charge in [0.1, 0.15) is 30.5 Å². The van der Waals surface area contributed by atoms with Gasteiger partial charge in [-0.15, -0.1) is 0 Å². The monoisotopic (exact) mass is 340 g/mol. The molecule has 0 spiro atoms. The van der Waals surface area contributed by atoms with Gasteiger partial charge in [-0.05, 0) is 0 Å². The van der Waals surface area contributed by atoms with E-state index in [0.717, 1.165) is 0 Å². The Balaban J connectivity index is 2.93. The summed E-state index contributed by atoms with van der Waals surface area (Å²) in [7, 11) is 0. The predicted octanol–water partition coefficient (Wildman–Crippen LogP) is -5.35. The van der Waals surface area contributed by atoms with E-state index >= 15 is 0 Å². The first-order chi connectivity index (χ1) is 10.8. The molecule has 1 saturated heterocycles. The van der Waals surface area contributed by atoms with Crippen molar-refractivity contribution in [3.8, 4) is 0 Å². The number of ether oxygens (including phenoxy) is 2. The fourth-order valence-corrected chi connectivity index (χ4v) is 2.00. The Morgan fingerprint density at radius 3 is 2.22 bits per heavy atom. The maximum atomic E-state index is 11.8. The lowest BCUT2D eigenvalue weighted by molar-refractivity contribution is -0.314. The molecule has 0 unspecified atom stereocenters. The molecule has 1 aliphatic heterocycles. The Morgan fingerprint density at radius 2 is 1.74 bits per heavy atom. The van der Waals surface area contributed by atoms with E-state index in [9.17, 15) is 35.1 Å². The second-order valence-corrected chi connectivity index (χ2v) is 4.99. The Bertz CT molecular complexity index is 400. The van der Waals surface area contributed by atoms with Crippen LogP contribution < -0.4 is 0 Å². The van der Waals surface area contributed by atoms with Gasteiger partial charge in [-0.3, -0.25) is 9.59 Å². The third kappa shape index (κ3) is 4.50. The fourth-order valence-electron chi connectivity index (χ4n) is 2.00. The first kappa shape index (κ1) is 20.0. The van der Waals surface area contributed by atoms with Crippen molar-refractivity contribution in [3.05, 3.63) is 0 Å². The summed E-state index contributed by atoms with van der Waals surface area (Å²) in [4.78, 5) is 22.2. The second-order valence-electron chi connectivity index (χ2n) is 4.99. The zero-order chi connectivity index (χ0) is 17.7. The zero-order valence-electron chi connectivity index (χ0n) is 11.9. The quantitative estimate of drug-likeness (QED) is 0.165. The van der Waals surface area contributed by atoms with Crippen LogP contribution >= 0.6 is 0 Å². The van der Waals surface area contributed by atoms with Crippen molar-refractivity contribution in [3.63, 3.8) is 0 Å². The maximum absolute atomic E-state index is 11.8. The van der Waals surface area contributed by atoms with Gasteiger partial charge in [-0.1, -0.05) is 0 Å². The molecule has 0 aromatic heterocycles. The molecule has 1 fully saturated rings. The van der Waals surface area contributed by atoms with Gasteiger partial charge in [0.25, 0.3) is 0 Å². The first-order valence-electron chi connectivity index (χ1n) is 6.70. The molecular formula is C12H20O11. The van der Waals surface area contributed by atoms with E-state index in [1.165, 1.54) is 0 Å². The van der Waals surface area contributed by atoms with Crippen LogP contribution in [0.4, 0.5) is 0 Å². The largest absolute Gasteiger partial charge is 0.394 e. The van der Waals surface area contributed by atoms with Crippen LogP contribution in [0.1, 0.15) is 0 Å². The molecule has 0 bridgehead atoms. The van der Waals surface area contributed by atoms with Crippen molar-refractivity contribution in [1.29, 1.82) is 0 Å². The number of Topliss-reactive ketones (excluding diaryl/α,β-unsaturated/α-hetero) is 1. The number of aldehydes is 1. The highest BCUT2D eigenvalue weighted by Crippen LogP contribution is 2.24. The molecule has 1 heterocycles. The lowest BCUT2D eigenvalue weighted by atomic mass is 9.99. The molecule has 0 radical (unpaired) electrons. The number of carbonyl (C=O) groups is 2. The highest BCUT2D eigenvalue weighted by molar-refractivity contribution is 5.99. The highest BCUT2D eigenvalue weighted by atomic mass is 16.7. The molecule has 0 amide bonds. The molecule has 1 rings (SSSR count). The van der Waals surface area contributed by atoms with Gasteiger partial charge in [0, 0.05) is 0 Å². The Morgan fingerprint density at radius 1 is 1.13 bits per heavy atom. The fraction of sp³-hybridized carbons (Fsp3) is 0.833. The average Bonchev–Trinajstić information content (AvgIpc) is 2.57. The van der Waals surface area contributed by atoms with Gasteiger partial charge in [0.2, 0.25) is 0 Å². The third-order valence-electron chi connectivity index (χ3n) is 3.37. The molecule has 0 saturated carbocycles. The summed E-state index contributed by atoms with van der Waals surface area (Å²) >= 11 is 0. The summed E-state index contributed by atoms with van der Waals surface area (Å²) in [5.74, 6) is -1.31. The van der Waals surface area contributed by atoms with Crippen molar-refractivity contribution in [1.82, 2.24) is 0 Å². The molecular weight excluding hydrogens is 320 g/mol. The number of rotatable bonds is 8. The summed E-state index contributed by atoms with van der Waals surface area (Å²) in [6, 6.07) is 0. The smallest absolute Gasteiger partial charge is 0.200 e. The third-order valence-corrected chi connectivity index (χ3v) is 3.37. The number of carbonyl (C=O) groups excluding carboxylic acids is 2. The van der Waals surface area contributed by atoms with E-state index in [-0.39, 0.29) is 6.29 Å². The van der Waals surface area contributed by atoms with Crippen LogP contribution in [-0.2, 0) is 19.1 Å². The van der Waals surface area contributed by atoms with Crippen LogP contribution in [0.15, 0.2) is 0 Å². The molecule has 8 atom stereocenters. The van der Waals surface area contributed by atoms with E-state index in [2.05, 4.69) is 0 Å². The minimum Gasteiger partial charge on any atom is -0.394 e. The minimum absolute atomic E-state index is 0.129. The van der Waals surface area contributed by atoms with E-state index < -0.39 is 68.0 Å². The number of hydrogen-bond acceptors (Lipinski definition) is 11. The number of ketones is 1. The average molecular weight is 340 g/mol. The number of aliphatic hydroxyl groups excluding tert-OH is 7. The topological polar surface area (TPSA) is 194 Å². The van der Waals surface area contributed by atoms with E-state index in [1.54, 1.807) is 0 Å². The van der Waals surface area contributed by atoms with Crippen LogP contribution in [0.5, 0.6) is 0 Å². The van der Waals surface area contributed by atoms with Crippen LogP contribution in [-0.4, -0.2) is 110 Å². The van der Waals surface area contributed by atoms with E-state index in [4.69, 9.17) is 19.7 Å². The van der Waals surface area contributed by atoms with Crippen molar-refractivity contribution in [2.75, 3.05) is 13.2 Å². The van der Waals surface area contributed by atoms with Gasteiger partial charge in [0.15, 0.2) is 30.6 Å². The minimum atomic E-state index is -2.15. The summed E-state index contributed by atoms with van der Waals surface area (Å²) in [5.41, 5.74) is 0. The zero-order valence-corrected chi connectivity index (χ0v) is 11.9. The number of hydrogen-bond donors (Lipinski definition) is 7. The SMILES string of the molecule is O=C[C@H](O)C(=O)[C@H](O[C@@H]1O[C@H](CO)[C@@H](O)[C@H](O)[C@H]1O)[C@H](O)CO. The van der Waals surface area contributed by atoms with Crippen LogP contribution in [0.2, 0.25) is 0 Å². The van der Waals surface area contributed by atoms with E-state index in [1.807, 2.05) is 0 Å². The van der Waals surface area contributed by atoms with Crippen molar-refractivity contribution in [2.24, 2.45) is 0 Å². The molecule has 1 aliphatic rings. The van der Waals surface area contributed by atoms with Crippen LogP contribution in [0.3, 0.4) is 0 Å². The molecule has 7 N–H and O–H groups in total. The van der Waals surface area contributed by atoms with E-state index in [0.29, 0.717) is 0 Å². The number of aliphatic hydroxyl groups is 7. The normalized spacial score (nSPS) is 35.3. The Kier molecular flexibility index (Phi) is 7.60. The molecule has 0 aliphatic carbocycles. The van der Waals surface area contributed by atoms with Crippen molar-refractivity contribution < 1.29 is 54.8 Å². The summed E-state index contributed by atoms with van der Waals surface area (Å²) < 4.78 is 9.93. The highest BCUT2D eigenvalue weighted by Gasteiger charge is 2.46. The van der Waals surface area contributed by atoms with Gasteiger partial charge in [-0.2, -0.15) is 0 Å². The van der Waals surface area contributed by atoms with Gasteiger partial charge >= 0.3 is 0 Å². The summed E-state index contributed by atoms with van der Waals surface area (Å²) in [6.07, 6.45) is -14.5. The standard InChI is InChI=1S/C12H20O11/c13-1-4(16)7(18)11(5(17)2-14)23-12-10(21)9(20)8(19)6(3-15)22-12/h1,4-6,8-12,14-17,19-21H,2-3H2/t4-,5+,6+,8+,9-,10+,11+,12-/m0/s1. The van der Waals surface area contributed by atoms with Crippen LogP contribution in [0, 0.1) is 0 Å². The Hall–Kier alpha value is -1.02.